The van der Waals surface area contributed by atoms with Crippen LogP contribution in [0.2, 0.25) is 0 Å². The summed E-state index contributed by atoms with van der Waals surface area (Å²) in [5, 5.41) is 9.30. The van der Waals surface area contributed by atoms with E-state index >= 15 is 0 Å². The van der Waals surface area contributed by atoms with E-state index < -0.39 is 23.6 Å². The summed E-state index contributed by atoms with van der Waals surface area (Å²) in [6.07, 6.45) is -0.926. The molecule has 0 bridgehead atoms. The maximum absolute atomic E-state index is 13.6. The summed E-state index contributed by atoms with van der Waals surface area (Å²) >= 11 is 0. The van der Waals surface area contributed by atoms with E-state index in [1.807, 2.05) is 0 Å². The van der Waals surface area contributed by atoms with Crippen molar-refractivity contribution in [2.45, 2.75) is 19.6 Å². The largest absolute Gasteiger partial charge is 0.489 e. The lowest BCUT2D eigenvalue weighted by atomic mass is 10.1. The standard InChI is InChI=1S/C15H13F3O2/c1-9(19)13-4-3-12(7-15(13)18)20-8-10-6-11(16)2-5-14(10)17/h2-7,9,19H,8H2,1H3/t9-/m1/s1. The number of hydrogen-bond acceptors (Lipinski definition) is 2. The molecule has 0 fully saturated rings. The summed E-state index contributed by atoms with van der Waals surface area (Å²) in [7, 11) is 0. The molecule has 0 spiro atoms. The van der Waals surface area contributed by atoms with Gasteiger partial charge in [-0.15, -0.1) is 0 Å². The zero-order valence-corrected chi connectivity index (χ0v) is 10.7. The molecule has 0 aromatic heterocycles. The van der Waals surface area contributed by atoms with Gasteiger partial charge in [-0.05, 0) is 37.3 Å². The van der Waals surface area contributed by atoms with Crippen molar-refractivity contribution in [2.24, 2.45) is 0 Å². The molecule has 106 valence electrons. The van der Waals surface area contributed by atoms with Crippen LogP contribution in [0.5, 0.6) is 5.75 Å². The molecule has 0 heterocycles. The van der Waals surface area contributed by atoms with Crippen molar-refractivity contribution >= 4 is 0 Å². The molecule has 0 amide bonds. The minimum absolute atomic E-state index is 0.0463. The van der Waals surface area contributed by atoms with Crippen LogP contribution in [0.1, 0.15) is 24.2 Å². The molecule has 20 heavy (non-hydrogen) atoms. The molecule has 0 saturated carbocycles. The van der Waals surface area contributed by atoms with Crippen LogP contribution < -0.4 is 4.74 Å². The van der Waals surface area contributed by atoms with Crippen LogP contribution in [-0.4, -0.2) is 5.11 Å². The lowest BCUT2D eigenvalue weighted by molar-refractivity contribution is 0.193. The molecule has 0 aliphatic rings. The van der Waals surface area contributed by atoms with Crippen LogP contribution in [0.4, 0.5) is 13.2 Å². The fourth-order valence-electron chi connectivity index (χ4n) is 1.75. The topological polar surface area (TPSA) is 29.5 Å². The Bertz CT molecular complexity index is 612. The maximum atomic E-state index is 13.6. The first kappa shape index (κ1) is 14.4. The zero-order valence-electron chi connectivity index (χ0n) is 10.7. The molecule has 0 aliphatic heterocycles. The van der Waals surface area contributed by atoms with Crippen molar-refractivity contribution in [1.29, 1.82) is 0 Å². The second-order valence-corrected chi connectivity index (χ2v) is 4.38. The van der Waals surface area contributed by atoms with Crippen molar-refractivity contribution in [1.82, 2.24) is 0 Å². The van der Waals surface area contributed by atoms with Crippen LogP contribution in [0, 0.1) is 17.5 Å². The Kier molecular flexibility index (Phi) is 4.29. The first-order valence-corrected chi connectivity index (χ1v) is 6.01. The third-order valence-electron chi connectivity index (χ3n) is 2.82. The molecule has 0 unspecified atom stereocenters. The van der Waals surface area contributed by atoms with Gasteiger partial charge < -0.3 is 9.84 Å². The molecule has 1 N–H and O–H groups in total. The van der Waals surface area contributed by atoms with Crippen molar-refractivity contribution in [3.63, 3.8) is 0 Å². The van der Waals surface area contributed by atoms with Crippen molar-refractivity contribution in [3.05, 3.63) is 65.0 Å². The SMILES string of the molecule is C[C@@H](O)c1ccc(OCc2cc(F)ccc2F)cc1F. The highest BCUT2D eigenvalue weighted by Gasteiger charge is 2.10. The van der Waals surface area contributed by atoms with E-state index in [1.165, 1.54) is 19.1 Å². The number of ether oxygens (including phenoxy) is 1. The van der Waals surface area contributed by atoms with Gasteiger partial charge in [0.2, 0.25) is 0 Å². The quantitative estimate of drug-likeness (QED) is 0.925. The number of aliphatic hydroxyl groups excluding tert-OH is 1. The molecular formula is C15H13F3O2. The average Bonchev–Trinajstić information content (AvgIpc) is 2.39. The summed E-state index contributed by atoms with van der Waals surface area (Å²) in [6, 6.07) is 6.98. The first-order chi connectivity index (χ1) is 9.47. The van der Waals surface area contributed by atoms with Gasteiger partial charge in [0, 0.05) is 17.2 Å². The van der Waals surface area contributed by atoms with Gasteiger partial charge in [0.15, 0.2) is 0 Å². The van der Waals surface area contributed by atoms with Crippen LogP contribution in [0.3, 0.4) is 0 Å². The summed E-state index contributed by atoms with van der Waals surface area (Å²) < 4.78 is 45.1. The van der Waals surface area contributed by atoms with Crippen molar-refractivity contribution in [2.75, 3.05) is 0 Å². The van der Waals surface area contributed by atoms with Gasteiger partial charge >= 0.3 is 0 Å². The number of hydrogen-bond donors (Lipinski definition) is 1. The molecule has 0 aliphatic carbocycles. The Balaban J connectivity index is 2.11. The van der Waals surface area contributed by atoms with Crippen LogP contribution in [0.25, 0.3) is 0 Å². The van der Waals surface area contributed by atoms with Crippen LogP contribution >= 0.6 is 0 Å². The van der Waals surface area contributed by atoms with E-state index in [-0.39, 0.29) is 23.5 Å². The lowest BCUT2D eigenvalue weighted by Gasteiger charge is -2.10. The Morgan fingerprint density at radius 2 is 1.80 bits per heavy atom. The van der Waals surface area contributed by atoms with Gasteiger partial charge in [-0.25, -0.2) is 13.2 Å². The molecule has 1 atom stereocenters. The third-order valence-corrected chi connectivity index (χ3v) is 2.82. The minimum atomic E-state index is -0.926. The van der Waals surface area contributed by atoms with Gasteiger partial charge in [0.1, 0.15) is 29.8 Å². The van der Waals surface area contributed by atoms with Gasteiger partial charge in [-0.3, -0.25) is 0 Å². The smallest absolute Gasteiger partial charge is 0.132 e. The highest BCUT2D eigenvalue weighted by molar-refractivity contribution is 5.30. The van der Waals surface area contributed by atoms with E-state index in [0.717, 1.165) is 24.3 Å². The molecule has 2 aromatic rings. The predicted molar refractivity (Wildman–Crippen MR) is 67.7 cm³/mol. The summed E-state index contributed by atoms with van der Waals surface area (Å²) in [5.74, 6) is -1.60. The van der Waals surface area contributed by atoms with Crippen LogP contribution in [0.15, 0.2) is 36.4 Å². The number of benzene rings is 2. The predicted octanol–water partition coefficient (Wildman–Crippen LogP) is 3.74. The molecular weight excluding hydrogens is 269 g/mol. The zero-order chi connectivity index (χ0) is 14.7. The van der Waals surface area contributed by atoms with Gasteiger partial charge in [0.25, 0.3) is 0 Å². The van der Waals surface area contributed by atoms with E-state index in [9.17, 15) is 18.3 Å². The summed E-state index contributed by atoms with van der Waals surface area (Å²) in [6.45, 7) is 1.23. The van der Waals surface area contributed by atoms with E-state index in [1.54, 1.807) is 0 Å². The Labute approximate surface area is 114 Å². The average molecular weight is 282 g/mol. The Morgan fingerprint density at radius 3 is 2.45 bits per heavy atom. The second-order valence-electron chi connectivity index (χ2n) is 4.38. The highest BCUT2D eigenvalue weighted by atomic mass is 19.1. The van der Waals surface area contributed by atoms with Gasteiger partial charge in [-0.1, -0.05) is 0 Å². The first-order valence-electron chi connectivity index (χ1n) is 6.01. The minimum Gasteiger partial charge on any atom is -0.489 e. The fraction of sp³-hybridized carbons (Fsp3) is 0.200. The maximum Gasteiger partial charge on any atom is 0.132 e. The van der Waals surface area contributed by atoms with E-state index in [2.05, 4.69) is 0 Å². The van der Waals surface area contributed by atoms with Crippen LogP contribution in [-0.2, 0) is 6.61 Å². The number of halogens is 3. The highest BCUT2D eigenvalue weighted by Crippen LogP contribution is 2.22. The lowest BCUT2D eigenvalue weighted by Crippen LogP contribution is -2.01. The Hall–Kier alpha value is -2.01. The summed E-state index contributed by atoms with van der Waals surface area (Å²) in [5.41, 5.74) is 0.194. The number of rotatable bonds is 4. The van der Waals surface area contributed by atoms with E-state index in [0.29, 0.717) is 0 Å². The van der Waals surface area contributed by atoms with Gasteiger partial charge in [0.05, 0.1) is 6.10 Å². The molecule has 2 rings (SSSR count). The molecule has 2 nitrogen and oxygen atoms in total. The summed E-state index contributed by atoms with van der Waals surface area (Å²) in [4.78, 5) is 0. The number of aliphatic hydroxyl groups is 1. The fourth-order valence-corrected chi connectivity index (χ4v) is 1.75. The molecule has 5 heteroatoms. The molecule has 2 aromatic carbocycles. The van der Waals surface area contributed by atoms with Crippen molar-refractivity contribution < 1.29 is 23.0 Å². The Morgan fingerprint density at radius 1 is 1.05 bits per heavy atom. The van der Waals surface area contributed by atoms with Gasteiger partial charge in [-0.2, -0.15) is 0 Å². The molecule has 0 radical (unpaired) electrons. The van der Waals surface area contributed by atoms with Crippen molar-refractivity contribution in [3.8, 4) is 5.75 Å². The molecule has 0 saturated heterocycles. The third kappa shape index (κ3) is 3.30. The van der Waals surface area contributed by atoms with E-state index in [4.69, 9.17) is 4.74 Å². The second kappa shape index (κ2) is 5.96. The monoisotopic (exact) mass is 282 g/mol. The normalized spacial score (nSPS) is 12.2.